The molecule has 0 saturated carbocycles. The van der Waals surface area contributed by atoms with Crippen LogP contribution < -0.4 is 10.2 Å². The van der Waals surface area contributed by atoms with Gasteiger partial charge in [0.15, 0.2) is 11.5 Å². The maximum atomic E-state index is 12.3. The first-order chi connectivity index (χ1) is 12.7. The maximum Gasteiger partial charge on any atom is 0.276 e. The highest BCUT2D eigenvalue weighted by molar-refractivity contribution is 6.30. The van der Waals surface area contributed by atoms with Crippen molar-refractivity contribution in [2.75, 3.05) is 16.8 Å². The van der Waals surface area contributed by atoms with Crippen molar-refractivity contribution in [3.05, 3.63) is 76.9 Å². The molecule has 130 valence electrons. The van der Waals surface area contributed by atoms with Crippen molar-refractivity contribution in [1.82, 2.24) is 10.2 Å². The van der Waals surface area contributed by atoms with Crippen molar-refractivity contribution in [3.8, 4) is 0 Å². The lowest BCUT2D eigenvalue weighted by molar-refractivity contribution is 0.102. The van der Waals surface area contributed by atoms with Crippen molar-refractivity contribution in [1.29, 1.82) is 0 Å². The number of halogens is 1. The molecule has 0 spiro atoms. The minimum atomic E-state index is -0.314. The van der Waals surface area contributed by atoms with E-state index in [9.17, 15) is 4.79 Å². The fourth-order valence-electron chi connectivity index (χ4n) is 3.12. The Labute approximate surface area is 156 Å². The number of fused-ring (bicyclic) bond motifs is 1. The molecule has 1 aliphatic heterocycles. The molecule has 2 heterocycles. The second-order valence-electron chi connectivity index (χ2n) is 6.13. The summed E-state index contributed by atoms with van der Waals surface area (Å²) in [5.74, 6) is 0.432. The summed E-state index contributed by atoms with van der Waals surface area (Å²) in [6.07, 6.45) is 2.13. The number of hydrogen-bond donors (Lipinski definition) is 1. The van der Waals surface area contributed by atoms with Gasteiger partial charge in [0.2, 0.25) is 0 Å². The Kier molecular flexibility index (Phi) is 4.54. The average molecular weight is 365 g/mol. The fourth-order valence-corrected chi connectivity index (χ4v) is 3.31. The van der Waals surface area contributed by atoms with E-state index >= 15 is 0 Å². The standard InChI is InChI=1S/C20H17ClN4O/c21-15-7-3-8-16(13-15)22-20(26)17-10-11-19(24-23-17)25-12-4-6-14-5-1-2-9-18(14)25/h1-3,5,7-11,13H,4,6,12H2,(H,22,26). The lowest BCUT2D eigenvalue weighted by atomic mass is 10.0. The average Bonchev–Trinajstić information content (AvgIpc) is 2.68. The number of amides is 1. The van der Waals surface area contributed by atoms with Crippen LogP contribution in [0.25, 0.3) is 0 Å². The third-order valence-electron chi connectivity index (χ3n) is 4.35. The van der Waals surface area contributed by atoms with E-state index in [4.69, 9.17) is 11.6 Å². The number of aromatic nitrogens is 2. The molecule has 5 nitrogen and oxygen atoms in total. The van der Waals surface area contributed by atoms with E-state index in [-0.39, 0.29) is 11.6 Å². The smallest absolute Gasteiger partial charge is 0.276 e. The summed E-state index contributed by atoms with van der Waals surface area (Å²) in [7, 11) is 0. The van der Waals surface area contributed by atoms with E-state index in [0.717, 1.165) is 30.9 Å². The van der Waals surface area contributed by atoms with Gasteiger partial charge in [0, 0.05) is 22.9 Å². The van der Waals surface area contributed by atoms with Gasteiger partial charge in [-0.15, -0.1) is 10.2 Å². The number of nitrogens with zero attached hydrogens (tertiary/aromatic N) is 3. The lowest BCUT2D eigenvalue weighted by Crippen LogP contribution is -2.26. The first-order valence-electron chi connectivity index (χ1n) is 8.47. The summed E-state index contributed by atoms with van der Waals surface area (Å²) < 4.78 is 0. The molecule has 1 N–H and O–H groups in total. The van der Waals surface area contributed by atoms with Gasteiger partial charge < -0.3 is 10.2 Å². The molecule has 0 saturated heterocycles. The second-order valence-corrected chi connectivity index (χ2v) is 6.56. The highest BCUT2D eigenvalue weighted by atomic mass is 35.5. The molecule has 0 radical (unpaired) electrons. The maximum absolute atomic E-state index is 12.3. The first-order valence-corrected chi connectivity index (χ1v) is 8.84. The SMILES string of the molecule is O=C(Nc1cccc(Cl)c1)c1ccc(N2CCCc3ccccc32)nn1. The van der Waals surface area contributed by atoms with Gasteiger partial charge >= 0.3 is 0 Å². The van der Waals surface area contributed by atoms with Crippen molar-refractivity contribution in [2.24, 2.45) is 0 Å². The first kappa shape index (κ1) is 16.5. The van der Waals surface area contributed by atoms with Crippen molar-refractivity contribution >= 4 is 34.7 Å². The zero-order chi connectivity index (χ0) is 17.9. The number of rotatable bonds is 3. The van der Waals surface area contributed by atoms with Crippen LogP contribution in [0, 0.1) is 0 Å². The number of nitrogens with one attached hydrogen (secondary N) is 1. The number of para-hydroxylation sites is 1. The summed E-state index contributed by atoms with van der Waals surface area (Å²) in [6.45, 7) is 0.889. The summed E-state index contributed by atoms with van der Waals surface area (Å²) in [5.41, 5.74) is 3.35. The van der Waals surface area contributed by atoms with Crippen LogP contribution in [0.4, 0.5) is 17.2 Å². The summed E-state index contributed by atoms with van der Waals surface area (Å²) in [4.78, 5) is 14.5. The molecular formula is C20H17ClN4O. The Hall–Kier alpha value is -2.92. The van der Waals surface area contributed by atoms with Crippen LogP contribution in [0.1, 0.15) is 22.5 Å². The Morgan fingerprint density at radius 1 is 1.04 bits per heavy atom. The largest absolute Gasteiger partial charge is 0.325 e. The van der Waals surface area contributed by atoms with Gasteiger partial charge in [0.05, 0.1) is 0 Å². The predicted octanol–water partition coefficient (Wildman–Crippen LogP) is 4.47. The Morgan fingerprint density at radius 3 is 2.73 bits per heavy atom. The van der Waals surface area contributed by atoms with Gasteiger partial charge in [-0.25, -0.2) is 0 Å². The molecule has 1 aromatic heterocycles. The number of carbonyl (C=O) groups is 1. The molecular weight excluding hydrogens is 348 g/mol. The van der Waals surface area contributed by atoms with Gasteiger partial charge in [0.1, 0.15) is 0 Å². The molecule has 0 bridgehead atoms. The van der Waals surface area contributed by atoms with Crippen LogP contribution >= 0.6 is 11.6 Å². The van der Waals surface area contributed by atoms with Crippen LogP contribution in [0.2, 0.25) is 5.02 Å². The van der Waals surface area contributed by atoms with Gasteiger partial charge in [-0.2, -0.15) is 0 Å². The van der Waals surface area contributed by atoms with E-state index in [1.54, 1.807) is 30.3 Å². The fraction of sp³-hybridized carbons (Fsp3) is 0.150. The normalized spacial score (nSPS) is 13.2. The Balaban J connectivity index is 1.53. The molecule has 6 heteroatoms. The molecule has 3 aromatic rings. The van der Waals surface area contributed by atoms with Gasteiger partial charge in [-0.05, 0) is 54.8 Å². The van der Waals surface area contributed by atoms with Gasteiger partial charge in [-0.3, -0.25) is 4.79 Å². The van der Waals surface area contributed by atoms with E-state index in [0.29, 0.717) is 10.7 Å². The summed E-state index contributed by atoms with van der Waals surface area (Å²) in [6, 6.07) is 18.8. The van der Waals surface area contributed by atoms with Gasteiger partial charge in [0.25, 0.3) is 5.91 Å². The van der Waals surface area contributed by atoms with Crippen LogP contribution in [0.3, 0.4) is 0 Å². The van der Waals surface area contributed by atoms with Crippen molar-refractivity contribution < 1.29 is 4.79 Å². The molecule has 26 heavy (non-hydrogen) atoms. The third kappa shape index (κ3) is 3.39. The number of aryl methyl sites for hydroxylation is 1. The quantitative estimate of drug-likeness (QED) is 0.745. The minimum Gasteiger partial charge on any atom is -0.325 e. The van der Waals surface area contributed by atoms with E-state index in [1.807, 2.05) is 12.1 Å². The van der Waals surface area contributed by atoms with Crippen LogP contribution in [-0.2, 0) is 6.42 Å². The highest BCUT2D eigenvalue weighted by Gasteiger charge is 2.19. The van der Waals surface area contributed by atoms with E-state index in [1.165, 1.54) is 5.56 Å². The van der Waals surface area contributed by atoms with Crippen LogP contribution in [0.15, 0.2) is 60.7 Å². The summed E-state index contributed by atoms with van der Waals surface area (Å²) >= 11 is 5.94. The Morgan fingerprint density at radius 2 is 1.92 bits per heavy atom. The molecule has 0 aliphatic carbocycles. The van der Waals surface area contributed by atoms with E-state index < -0.39 is 0 Å². The number of benzene rings is 2. The minimum absolute atomic E-state index is 0.263. The molecule has 2 aromatic carbocycles. The predicted molar refractivity (Wildman–Crippen MR) is 103 cm³/mol. The summed E-state index contributed by atoms with van der Waals surface area (Å²) in [5, 5.41) is 11.7. The molecule has 0 fully saturated rings. The zero-order valence-electron chi connectivity index (χ0n) is 14.0. The second kappa shape index (κ2) is 7.14. The van der Waals surface area contributed by atoms with E-state index in [2.05, 4.69) is 38.6 Å². The molecule has 1 aliphatic rings. The zero-order valence-corrected chi connectivity index (χ0v) is 14.8. The molecule has 0 unspecified atom stereocenters. The molecule has 1 amide bonds. The highest BCUT2D eigenvalue weighted by Crippen LogP contribution is 2.31. The van der Waals surface area contributed by atoms with Crippen molar-refractivity contribution in [3.63, 3.8) is 0 Å². The Bertz CT molecular complexity index is 943. The van der Waals surface area contributed by atoms with Gasteiger partial charge in [-0.1, -0.05) is 35.9 Å². The lowest BCUT2D eigenvalue weighted by Gasteiger charge is -2.29. The molecule has 4 rings (SSSR count). The topological polar surface area (TPSA) is 58.1 Å². The number of hydrogen-bond acceptors (Lipinski definition) is 4. The molecule has 0 atom stereocenters. The third-order valence-corrected chi connectivity index (χ3v) is 4.59. The van der Waals surface area contributed by atoms with Crippen LogP contribution in [0.5, 0.6) is 0 Å². The monoisotopic (exact) mass is 364 g/mol. The van der Waals surface area contributed by atoms with Crippen molar-refractivity contribution in [2.45, 2.75) is 12.8 Å². The number of anilines is 3. The van der Waals surface area contributed by atoms with Crippen LogP contribution in [-0.4, -0.2) is 22.6 Å². The number of carbonyl (C=O) groups excluding carboxylic acids is 1.